The van der Waals surface area contributed by atoms with Crippen LogP contribution in [0.3, 0.4) is 0 Å². The molecule has 0 saturated heterocycles. The number of benzene rings is 1. The summed E-state index contributed by atoms with van der Waals surface area (Å²) in [4.78, 5) is 0. The number of para-hydroxylation sites is 1. The number of hydrogen-bond acceptors (Lipinski definition) is 4. The van der Waals surface area contributed by atoms with Gasteiger partial charge >= 0.3 is 0 Å². The van der Waals surface area contributed by atoms with Gasteiger partial charge in [0.25, 0.3) is 0 Å². The second-order valence-electron chi connectivity index (χ2n) is 4.77. The van der Waals surface area contributed by atoms with Crippen LogP contribution in [-0.4, -0.2) is 24.9 Å². The van der Waals surface area contributed by atoms with Crippen LogP contribution < -0.4 is 10.5 Å². The third kappa shape index (κ3) is 3.40. The second-order valence-corrected chi connectivity index (χ2v) is 4.77. The highest BCUT2D eigenvalue weighted by atomic mass is 16.5. The molecule has 0 amide bonds. The zero-order valence-electron chi connectivity index (χ0n) is 11.7. The molecule has 3 N–H and O–H groups in total. The van der Waals surface area contributed by atoms with Crippen molar-refractivity contribution in [2.75, 3.05) is 13.7 Å². The van der Waals surface area contributed by atoms with Crippen molar-refractivity contribution in [2.24, 2.45) is 5.73 Å². The Kier molecular flexibility index (Phi) is 5.21. The molecule has 2 unspecified atom stereocenters. The fourth-order valence-corrected chi connectivity index (χ4v) is 2.41. The molecule has 4 heteroatoms. The molecular formula is C16H21NO3. The number of rotatable bonds is 7. The van der Waals surface area contributed by atoms with Crippen LogP contribution in [0, 0.1) is 0 Å². The molecule has 1 aromatic carbocycles. The van der Waals surface area contributed by atoms with E-state index in [0.717, 1.165) is 17.1 Å². The maximum atomic E-state index is 10.4. The van der Waals surface area contributed by atoms with Crippen LogP contribution in [0.1, 0.15) is 23.7 Å². The average Bonchev–Trinajstić information content (AvgIpc) is 3.00. The molecule has 0 fully saturated rings. The van der Waals surface area contributed by atoms with Crippen LogP contribution in [0.2, 0.25) is 0 Å². The van der Waals surface area contributed by atoms with Crippen LogP contribution >= 0.6 is 0 Å². The third-order valence-corrected chi connectivity index (χ3v) is 3.52. The summed E-state index contributed by atoms with van der Waals surface area (Å²) in [5.74, 6) is 1.50. The molecule has 0 aliphatic heterocycles. The molecule has 0 radical (unpaired) electrons. The zero-order chi connectivity index (χ0) is 14.4. The largest absolute Gasteiger partial charge is 0.496 e. The van der Waals surface area contributed by atoms with Crippen molar-refractivity contribution in [1.82, 2.24) is 0 Å². The van der Waals surface area contributed by atoms with E-state index in [-0.39, 0.29) is 5.92 Å². The summed E-state index contributed by atoms with van der Waals surface area (Å²) in [7, 11) is 1.63. The number of furan rings is 1. The zero-order valence-corrected chi connectivity index (χ0v) is 11.7. The molecule has 20 heavy (non-hydrogen) atoms. The van der Waals surface area contributed by atoms with Gasteiger partial charge in [0.1, 0.15) is 11.5 Å². The van der Waals surface area contributed by atoms with Crippen LogP contribution in [0.25, 0.3) is 0 Å². The fourth-order valence-electron chi connectivity index (χ4n) is 2.41. The van der Waals surface area contributed by atoms with Gasteiger partial charge < -0.3 is 20.0 Å². The highest BCUT2D eigenvalue weighted by molar-refractivity contribution is 5.37. The van der Waals surface area contributed by atoms with Crippen molar-refractivity contribution in [1.29, 1.82) is 0 Å². The Morgan fingerprint density at radius 2 is 2.05 bits per heavy atom. The first-order valence-electron chi connectivity index (χ1n) is 6.79. The van der Waals surface area contributed by atoms with Crippen molar-refractivity contribution < 1.29 is 14.3 Å². The lowest BCUT2D eigenvalue weighted by Gasteiger charge is -2.23. The van der Waals surface area contributed by atoms with Crippen LogP contribution in [0.4, 0.5) is 0 Å². The Morgan fingerprint density at radius 1 is 1.25 bits per heavy atom. The summed E-state index contributed by atoms with van der Waals surface area (Å²) in [6.45, 7) is 0.375. The maximum Gasteiger partial charge on any atom is 0.122 e. The van der Waals surface area contributed by atoms with Gasteiger partial charge in [-0.05, 0) is 24.6 Å². The minimum absolute atomic E-state index is 0.138. The number of ether oxygens (including phenoxy) is 1. The maximum absolute atomic E-state index is 10.4. The molecule has 0 aliphatic carbocycles. The number of aryl methyl sites for hydroxylation is 1. The van der Waals surface area contributed by atoms with Gasteiger partial charge in [-0.2, -0.15) is 0 Å². The first kappa shape index (κ1) is 14.6. The van der Waals surface area contributed by atoms with Gasteiger partial charge in [-0.25, -0.2) is 0 Å². The summed E-state index contributed by atoms with van der Waals surface area (Å²) in [5, 5.41) is 10.4. The summed E-state index contributed by atoms with van der Waals surface area (Å²) >= 11 is 0. The van der Waals surface area contributed by atoms with Crippen LogP contribution in [0.5, 0.6) is 5.75 Å². The molecule has 0 bridgehead atoms. The first-order chi connectivity index (χ1) is 9.76. The van der Waals surface area contributed by atoms with Crippen LogP contribution in [-0.2, 0) is 6.42 Å². The van der Waals surface area contributed by atoms with Crippen molar-refractivity contribution in [3.8, 4) is 5.75 Å². The minimum atomic E-state index is -0.526. The molecule has 2 rings (SSSR count). The summed E-state index contributed by atoms with van der Waals surface area (Å²) in [6, 6.07) is 11.4. The smallest absolute Gasteiger partial charge is 0.122 e. The number of aliphatic hydroxyl groups excluding tert-OH is 1. The van der Waals surface area contributed by atoms with E-state index in [1.807, 2.05) is 36.4 Å². The number of aliphatic hydroxyl groups is 1. The van der Waals surface area contributed by atoms with Crippen molar-refractivity contribution >= 4 is 0 Å². The van der Waals surface area contributed by atoms with Gasteiger partial charge in [0.2, 0.25) is 0 Å². The quantitative estimate of drug-likeness (QED) is 0.813. The number of hydrogen-bond donors (Lipinski definition) is 2. The van der Waals surface area contributed by atoms with Crippen LogP contribution in [0.15, 0.2) is 47.1 Å². The van der Waals surface area contributed by atoms with E-state index in [4.69, 9.17) is 14.9 Å². The van der Waals surface area contributed by atoms with E-state index in [0.29, 0.717) is 19.4 Å². The molecule has 4 nitrogen and oxygen atoms in total. The predicted molar refractivity (Wildman–Crippen MR) is 77.8 cm³/mol. The van der Waals surface area contributed by atoms with Gasteiger partial charge in [-0.1, -0.05) is 18.2 Å². The SMILES string of the molecule is COc1ccccc1C(CN)C(O)CCc1ccco1. The molecule has 0 saturated carbocycles. The lowest BCUT2D eigenvalue weighted by Crippen LogP contribution is -2.26. The highest BCUT2D eigenvalue weighted by Crippen LogP contribution is 2.29. The molecule has 0 aliphatic rings. The van der Waals surface area contributed by atoms with E-state index in [1.165, 1.54) is 0 Å². The predicted octanol–water partition coefficient (Wildman–Crippen LogP) is 2.32. The van der Waals surface area contributed by atoms with Crippen molar-refractivity contribution in [3.63, 3.8) is 0 Å². The average molecular weight is 275 g/mol. The molecule has 1 aromatic heterocycles. The Labute approximate surface area is 119 Å². The second kappa shape index (κ2) is 7.12. The Morgan fingerprint density at radius 3 is 2.70 bits per heavy atom. The van der Waals surface area contributed by atoms with E-state index >= 15 is 0 Å². The highest BCUT2D eigenvalue weighted by Gasteiger charge is 2.22. The molecule has 2 atom stereocenters. The molecular weight excluding hydrogens is 254 g/mol. The summed E-state index contributed by atoms with van der Waals surface area (Å²) in [6.07, 6.45) is 2.41. The fraction of sp³-hybridized carbons (Fsp3) is 0.375. The Hall–Kier alpha value is -1.78. The third-order valence-electron chi connectivity index (χ3n) is 3.52. The number of methoxy groups -OCH3 is 1. The molecule has 108 valence electrons. The standard InChI is InChI=1S/C16H21NO3/c1-19-16-7-3-2-6-13(16)14(11-17)15(18)9-8-12-5-4-10-20-12/h2-7,10,14-15,18H,8-9,11,17H2,1H3. The molecule has 1 heterocycles. The normalized spacial score (nSPS) is 13.9. The van der Waals surface area contributed by atoms with Gasteiger partial charge in [0.15, 0.2) is 0 Å². The van der Waals surface area contributed by atoms with Gasteiger partial charge in [-0.15, -0.1) is 0 Å². The monoisotopic (exact) mass is 275 g/mol. The summed E-state index contributed by atoms with van der Waals surface area (Å²) < 4.78 is 10.6. The van der Waals surface area contributed by atoms with Crippen molar-refractivity contribution in [2.45, 2.75) is 24.9 Å². The molecule has 0 spiro atoms. The Bertz CT molecular complexity index is 510. The molecule has 2 aromatic rings. The van der Waals surface area contributed by atoms with Gasteiger partial charge in [0, 0.05) is 24.4 Å². The minimum Gasteiger partial charge on any atom is -0.496 e. The van der Waals surface area contributed by atoms with Crippen molar-refractivity contribution in [3.05, 3.63) is 54.0 Å². The first-order valence-corrected chi connectivity index (χ1v) is 6.79. The Balaban J connectivity index is 2.06. The lowest BCUT2D eigenvalue weighted by atomic mass is 9.90. The van der Waals surface area contributed by atoms with E-state index in [1.54, 1.807) is 13.4 Å². The number of nitrogens with two attached hydrogens (primary N) is 1. The van der Waals surface area contributed by atoms with E-state index < -0.39 is 6.10 Å². The van der Waals surface area contributed by atoms with Gasteiger partial charge in [-0.3, -0.25) is 0 Å². The van der Waals surface area contributed by atoms with E-state index in [9.17, 15) is 5.11 Å². The topological polar surface area (TPSA) is 68.6 Å². The van der Waals surface area contributed by atoms with Gasteiger partial charge in [0.05, 0.1) is 19.5 Å². The van der Waals surface area contributed by atoms with E-state index in [2.05, 4.69) is 0 Å². The summed E-state index contributed by atoms with van der Waals surface area (Å²) in [5.41, 5.74) is 6.79. The lowest BCUT2D eigenvalue weighted by molar-refractivity contribution is 0.133.